The largest absolute Gasteiger partial charge is 0.424 e. The highest BCUT2D eigenvalue weighted by Gasteiger charge is 2.45. The van der Waals surface area contributed by atoms with Crippen LogP contribution < -0.4 is 5.73 Å². The Kier molecular flexibility index (Phi) is 4.39. The second-order valence-corrected chi connectivity index (χ2v) is 8.03. The van der Waals surface area contributed by atoms with Crippen molar-refractivity contribution in [3.63, 3.8) is 0 Å². The molecule has 4 nitrogen and oxygen atoms in total. The summed E-state index contributed by atoms with van der Waals surface area (Å²) in [4.78, 5) is 0. The molecule has 0 fully saturated rings. The van der Waals surface area contributed by atoms with Crippen LogP contribution in [0.2, 0.25) is 0 Å². The Morgan fingerprint density at radius 3 is 1.96 bits per heavy atom. The molecule has 0 saturated heterocycles. The molecule has 27 heavy (non-hydrogen) atoms. The second kappa shape index (κ2) is 6.61. The molecule has 1 atom stereocenters. The maximum Gasteiger partial charge on any atom is 0.231 e. The van der Waals surface area contributed by atoms with Gasteiger partial charge in [-0.2, -0.15) is 0 Å². The lowest BCUT2D eigenvalue weighted by Crippen LogP contribution is -2.37. The van der Waals surface area contributed by atoms with Gasteiger partial charge in [0.2, 0.25) is 11.8 Å². The molecule has 4 heteroatoms. The van der Waals surface area contributed by atoms with Gasteiger partial charge in [-0.3, -0.25) is 0 Å². The molecule has 0 amide bonds. The Hall–Kier alpha value is -2.46. The van der Waals surface area contributed by atoms with Crippen LogP contribution >= 0.6 is 0 Å². The highest BCUT2D eigenvalue weighted by atomic mass is 16.4. The number of fused-ring (bicyclic) bond motifs is 2. The third-order valence-electron chi connectivity index (χ3n) is 5.62. The van der Waals surface area contributed by atoms with Crippen LogP contribution in [0.1, 0.15) is 58.5 Å². The number of aryl methyl sites for hydroxylation is 5. The van der Waals surface area contributed by atoms with Gasteiger partial charge in [0.15, 0.2) is 0 Å². The topological polar surface area (TPSA) is 64.9 Å². The molecule has 2 N–H and O–H groups in total. The van der Waals surface area contributed by atoms with Gasteiger partial charge in [0, 0.05) is 13.0 Å². The van der Waals surface area contributed by atoms with Gasteiger partial charge in [0.25, 0.3) is 0 Å². The first-order valence-electron chi connectivity index (χ1n) is 9.66. The van der Waals surface area contributed by atoms with Crippen molar-refractivity contribution in [3.8, 4) is 0 Å². The molecule has 0 bridgehead atoms. The number of hydrogen-bond acceptors (Lipinski definition) is 4. The molecule has 0 unspecified atom stereocenters. The minimum Gasteiger partial charge on any atom is -0.424 e. The van der Waals surface area contributed by atoms with Crippen LogP contribution in [-0.2, 0) is 18.3 Å². The van der Waals surface area contributed by atoms with Crippen molar-refractivity contribution in [3.05, 3.63) is 81.6 Å². The maximum atomic E-state index is 6.39. The molecular formula is C23H27N3O. The summed E-state index contributed by atoms with van der Waals surface area (Å²) >= 11 is 0. The van der Waals surface area contributed by atoms with Gasteiger partial charge in [0.1, 0.15) is 5.41 Å². The van der Waals surface area contributed by atoms with Crippen molar-refractivity contribution in [1.29, 1.82) is 0 Å². The molecule has 1 heterocycles. The van der Waals surface area contributed by atoms with E-state index in [-0.39, 0.29) is 6.04 Å². The lowest BCUT2D eigenvalue weighted by molar-refractivity contribution is 0.366. The number of nitrogens with two attached hydrogens (primary N) is 1. The fourth-order valence-electron chi connectivity index (χ4n) is 4.60. The van der Waals surface area contributed by atoms with Gasteiger partial charge in [-0.15, -0.1) is 10.2 Å². The molecule has 1 aromatic heterocycles. The first-order valence-corrected chi connectivity index (χ1v) is 9.66. The molecule has 3 aromatic rings. The molecule has 140 valence electrons. The van der Waals surface area contributed by atoms with Crippen LogP contribution in [0.15, 0.2) is 40.8 Å². The highest BCUT2D eigenvalue weighted by Crippen LogP contribution is 2.47. The third kappa shape index (κ3) is 2.98. The van der Waals surface area contributed by atoms with Gasteiger partial charge >= 0.3 is 0 Å². The van der Waals surface area contributed by atoms with Crippen LogP contribution in [0, 0.1) is 20.8 Å². The molecule has 0 radical (unpaired) electrons. The fraction of sp³-hybridized carbons (Fsp3) is 0.391. The average Bonchev–Trinajstić information content (AvgIpc) is 3.00. The van der Waals surface area contributed by atoms with Gasteiger partial charge < -0.3 is 10.2 Å². The molecule has 1 aliphatic rings. The first kappa shape index (κ1) is 17.9. The Labute approximate surface area is 160 Å². The lowest BCUT2D eigenvalue weighted by Gasteiger charge is -2.35. The van der Waals surface area contributed by atoms with E-state index < -0.39 is 5.41 Å². The van der Waals surface area contributed by atoms with E-state index in [2.05, 4.69) is 67.4 Å². The predicted octanol–water partition coefficient (Wildman–Crippen LogP) is 4.17. The molecule has 0 saturated carbocycles. The second-order valence-electron chi connectivity index (χ2n) is 8.03. The Bertz CT molecular complexity index is 934. The Balaban J connectivity index is 2.11. The van der Waals surface area contributed by atoms with Crippen molar-refractivity contribution in [1.82, 2.24) is 10.2 Å². The summed E-state index contributed by atoms with van der Waals surface area (Å²) in [7, 11) is 0. The zero-order valence-electron chi connectivity index (χ0n) is 16.5. The van der Waals surface area contributed by atoms with Crippen molar-refractivity contribution < 1.29 is 4.42 Å². The number of nitrogens with zero attached hydrogens (tertiary/aromatic N) is 2. The van der Waals surface area contributed by atoms with Gasteiger partial charge in [0.05, 0.1) is 0 Å². The van der Waals surface area contributed by atoms with Gasteiger partial charge in [-0.25, -0.2) is 0 Å². The van der Waals surface area contributed by atoms with Crippen molar-refractivity contribution in [2.24, 2.45) is 5.73 Å². The molecular weight excluding hydrogens is 334 g/mol. The number of aromatic nitrogens is 2. The molecule has 4 rings (SSSR count). The molecule has 0 spiro atoms. The van der Waals surface area contributed by atoms with Crippen LogP contribution in [0.3, 0.4) is 0 Å². The van der Waals surface area contributed by atoms with Crippen molar-refractivity contribution in [2.45, 2.75) is 58.4 Å². The smallest absolute Gasteiger partial charge is 0.231 e. The van der Waals surface area contributed by atoms with Gasteiger partial charge in [-0.05, 0) is 62.3 Å². The monoisotopic (exact) mass is 361 g/mol. The zero-order valence-corrected chi connectivity index (χ0v) is 16.5. The van der Waals surface area contributed by atoms with E-state index >= 15 is 0 Å². The van der Waals surface area contributed by atoms with E-state index in [0.717, 1.165) is 19.3 Å². The summed E-state index contributed by atoms with van der Waals surface area (Å²) in [5.74, 6) is 1.23. The standard InChI is InChI=1S/C23H27N3O/c1-14-5-9-20-18(11-14)7-8-19-12-15(2)6-10-21(19)23(20,13-16(3)24)22-26-25-17(4)27-22/h5-6,9-12,16H,7-8,13,24H2,1-4H3/t16-/m0/s1. The molecule has 0 aliphatic heterocycles. The van der Waals surface area contributed by atoms with Crippen LogP contribution in [0.4, 0.5) is 0 Å². The summed E-state index contributed by atoms with van der Waals surface area (Å²) in [6, 6.07) is 13.4. The van der Waals surface area contributed by atoms with Crippen molar-refractivity contribution >= 4 is 0 Å². The highest BCUT2D eigenvalue weighted by molar-refractivity contribution is 5.55. The number of rotatable bonds is 3. The summed E-state index contributed by atoms with van der Waals surface area (Å²) in [6.45, 7) is 8.19. The van der Waals surface area contributed by atoms with E-state index in [1.165, 1.54) is 33.4 Å². The Morgan fingerprint density at radius 1 is 0.963 bits per heavy atom. The van der Waals surface area contributed by atoms with Crippen molar-refractivity contribution in [2.75, 3.05) is 0 Å². The van der Waals surface area contributed by atoms with E-state index in [0.29, 0.717) is 11.8 Å². The summed E-state index contributed by atoms with van der Waals surface area (Å²) < 4.78 is 6.08. The summed E-state index contributed by atoms with van der Waals surface area (Å²) in [5, 5.41) is 8.67. The summed E-state index contributed by atoms with van der Waals surface area (Å²) in [5.41, 5.74) is 13.6. The molecule has 1 aliphatic carbocycles. The fourth-order valence-corrected chi connectivity index (χ4v) is 4.60. The average molecular weight is 361 g/mol. The normalized spacial score (nSPS) is 16.3. The first-order chi connectivity index (χ1) is 12.9. The third-order valence-corrected chi connectivity index (χ3v) is 5.62. The van der Waals surface area contributed by atoms with Crippen LogP contribution in [0.5, 0.6) is 0 Å². The predicted molar refractivity (Wildman–Crippen MR) is 107 cm³/mol. The van der Waals surface area contributed by atoms with E-state index in [1.54, 1.807) is 0 Å². The van der Waals surface area contributed by atoms with Crippen LogP contribution in [0.25, 0.3) is 0 Å². The number of hydrogen-bond donors (Lipinski definition) is 1. The minimum atomic E-state index is -0.516. The van der Waals surface area contributed by atoms with E-state index in [9.17, 15) is 0 Å². The zero-order chi connectivity index (χ0) is 19.2. The van der Waals surface area contributed by atoms with E-state index in [1.807, 2.05) is 6.92 Å². The lowest BCUT2D eigenvalue weighted by atomic mass is 9.68. The SMILES string of the molecule is Cc1ccc2c(c1)CCc1cc(C)ccc1C2(C[C@H](C)N)c1nnc(C)o1. The van der Waals surface area contributed by atoms with E-state index in [4.69, 9.17) is 10.2 Å². The quantitative estimate of drug-likeness (QED) is 0.760. The Morgan fingerprint density at radius 2 is 1.52 bits per heavy atom. The number of benzene rings is 2. The minimum absolute atomic E-state index is 0.0152. The molecule has 2 aromatic carbocycles. The van der Waals surface area contributed by atoms with Gasteiger partial charge in [-0.1, -0.05) is 47.5 Å². The van der Waals surface area contributed by atoms with Crippen LogP contribution in [-0.4, -0.2) is 16.2 Å². The summed E-state index contributed by atoms with van der Waals surface area (Å²) in [6.07, 6.45) is 2.73. The maximum absolute atomic E-state index is 6.39.